The summed E-state index contributed by atoms with van der Waals surface area (Å²) < 4.78 is 1.50. The highest BCUT2D eigenvalue weighted by Crippen LogP contribution is 2.39. The summed E-state index contributed by atoms with van der Waals surface area (Å²) in [4.78, 5) is 19.1. The van der Waals surface area contributed by atoms with E-state index >= 15 is 0 Å². The number of nitrogens with two attached hydrogens (primary N) is 1. The van der Waals surface area contributed by atoms with Crippen LogP contribution in [0.4, 0.5) is 5.13 Å². The number of hydrogen-bond acceptors (Lipinski definition) is 7. The third-order valence-electron chi connectivity index (χ3n) is 4.36. The molecule has 0 aliphatic heterocycles. The molecule has 0 unspecified atom stereocenters. The van der Waals surface area contributed by atoms with Crippen LogP contribution >= 0.6 is 23.1 Å². The van der Waals surface area contributed by atoms with Crippen molar-refractivity contribution in [2.45, 2.75) is 23.9 Å². The fourth-order valence-corrected chi connectivity index (χ4v) is 4.36. The summed E-state index contributed by atoms with van der Waals surface area (Å²) in [6.45, 7) is 4.16. The lowest BCUT2D eigenvalue weighted by atomic mass is 10.2. The normalized spacial score (nSPS) is 13.4. The van der Waals surface area contributed by atoms with Gasteiger partial charge in [-0.3, -0.25) is 9.69 Å². The fourth-order valence-electron chi connectivity index (χ4n) is 2.76. The second-order valence-electron chi connectivity index (χ2n) is 6.45. The summed E-state index contributed by atoms with van der Waals surface area (Å²) in [5.41, 5.74) is 1.88. The molecule has 4 rings (SSSR count). The molecule has 1 saturated carbocycles. The summed E-state index contributed by atoms with van der Waals surface area (Å²) >= 11 is 2.73. The Balaban J connectivity index is 1.46. The lowest BCUT2D eigenvalue weighted by molar-refractivity contribution is -0.116. The lowest BCUT2D eigenvalue weighted by Crippen LogP contribution is -2.32. The van der Waals surface area contributed by atoms with Gasteiger partial charge in [-0.15, -0.1) is 28.1 Å². The Morgan fingerprint density at radius 1 is 1.36 bits per heavy atom. The van der Waals surface area contributed by atoms with Crippen molar-refractivity contribution in [2.24, 2.45) is 0 Å². The highest BCUT2D eigenvalue weighted by Gasteiger charge is 2.30. The maximum absolute atomic E-state index is 12.8. The monoisotopic (exact) mass is 412 g/mol. The minimum Gasteiger partial charge on any atom is -0.336 e. The summed E-state index contributed by atoms with van der Waals surface area (Å²) in [6, 6.07) is 9.90. The summed E-state index contributed by atoms with van der Waals surface area (Å²) in [5, 5.41) is 11.4. The van der Waals surface area contributed by atoms with Gasteiger partial charge in [-0.2, -0.15) is 0 Å². The van der Waals surface area contributed by atoms with Crippen LogP contribution in [-0.2, 0) is 4.79 Å². The number of aromatic nitrogens is 4. The van der Waals surface area contributed by atoms with E-state index in [9.17, 15) is 4.79 Å². The van der Waals surface area contributed by atoms with Crippen LogP contribution < -0.4 is 10.7 Å². The zero-order valence-corrected chi connectivity index (χ0v) is 16.8. The molecule has 1 aliphatic carbocycles. The van der Waals surface area contributed by atoms with Gasteiger partial charge in [0.05, 0.1) is 11.4 Å². The van der Waals surface area contributed by atoms with E-state index in [-0.39, 0.29) is 11.7 Å². The Morgan fingerprint density at radius 2 is 2.14 bits per heavy atom. The second kappa shape index (κ2) is 8.15. The van der Waals surface area contributed by atoms with Crippen LogP contribution in [0.1, 0.15) is 24.6 Å². The Kier molecular flexibility index (Phi) is 5.45. The van der Waals surface area contributed by atoms with Crippen molar-refractivity contribution in [3.8, 4) is 11.3 Å². The number of thioether (sulfide) groups is 1. The maximum atomic E-state index is 12.8. The molecule has 3 aromatic rings. The molecule has 0 atom stereocenters. The van der Waals surface area contributed by atoms with Crippen molar-refractivity contribution in [3.05, 3.63) is 54.2 Å². The van der Waals surface area contributed by atoms with E-state index in [4.69, 9.17) is 5.84 Å². The van der Waals surface area contributed by atoms with Gasteiger partial charge in [-0.1, -0.05) is 48.2 Å². The third-order valence-corrected chi connectivity index (χ3v) is 6.15. The van der Waals surface area contributed by atoms with Crippen LogP contribution in [0.2, 0.25) is 0 Å². The molecule has 28 heavy (non-hydrogen) atoms. The van der Waals surface area contributed by atoms with Gasteiger partial charge in [0.2, 0.25) is 11.1 Å². The first-order valence-corrected chi connectivity index (χ1v) is 10.8. The molecule has 0 bridgehead atoms. The zero-order valence-electron chi connectivity index (χ0n) is 15.2. The van der Waals surface area contributed by atoms with Gasteiger partial charge < -0.3 is 5.84 Å². The predicted molar refractivity (Wildman–Crippen MR) is 113 cm³/mol. The molecule has 9 heteroatoms. The van der Waals surface area contributed by atoms with E-state index in [0.29, 0.717) is 22.8 Å². The number of carbonyl (C=O) groups is 1. The summed E-state index contributed by atoms with van der Waals surface area (Å²) in [6.07, 6.45) is 3.89. The van der Waals surface area contributed by atoms with E-state index in [1.165, 1.54) is 27.8 Å². The van der Waals surface area contributed by atoms with Crippen LogP contribution in [0.3, 0.4) is 0 Å². The van der Waals surface area contributed by atoms with E-state index in [1.807, 2.05) is 35.7 Å². The average Bonchev–Trinajstić information content (AvgIpc) is 3.32. The topological polar surface area (TPSA) is 89.9 Å². The quantitative estimate of drug-likeness (QED) is 0.347. The molecule has 0 radical (unpaired) electrons. The molecule has 1 amide bonds. The van der Waals surface area contributed by atoms with E-state index in [0.717, 1.165) is 29.9 Å². The number of thiazole rings is 1. The third kappa shape index (κ3) is 3.95. The maximum Gasteiger partial charge on any atom is 0.239 e. The largest absolute Gasteiger partial charge is 0.336 e. The number of benzene rings is 1. The molecule has 1 aromatic carbocycles. The predicted octanol–water partition coefficient (Wildman–Crippen LogP) is 3.30. The van der Waals surface area contributed by atoms with Gasteiger partial charge >= 0.3 is 0 Å². The van der Waals surface area contributed by atoms with E-state index < -0.39 is 0 Å². The first-order valence-electron chi connectivity index (χ1n) is 8.92. The highest BCUT2D eigenvalue weighted by molar-refractivity contribution is 7.99. The first kappa shape index (κ1) is 18.7. The van der Waals surface area contributed by atoms with Crippen LogP contribution in [-0.4, -0.2) is 38.1 Å². The second-order valence-corrected chi connectivity index (χ2v) is 8.23. The van der Waals surface area contributed by atoms with Crippen molar-refractivity contribution in [1.29, 1.82) is 0 Å². The van der Waals surface area contributed by atoms with Crippen LogP contribution in [0.25, 0.3) is 11.3 Å². The number of carbonyl (C=O) groups excluding carboxylic acids is 1. The van der Waals surface area contributed by atoms with E-state index in [2.05, 4.69) is 21.8 Å². The molecular formula is C19H20N6OS2. The van der Waals surface area contributed by atoms with Crippen LogP contribution in [0, 0.1) is 0 Å². The van der Waals surface area contributed by atoms with Crippen molar-refractivity contribution in [2.75, 3.05) is 23.0 Å². The van der Waals surface area contributed by atoms with Gasteiger partial charge in [0.25, 0.3) is 0 Å². The minimum atomic E-state index is -0.0742. The zero-order chi connectivity index (χ0) is 19.5. The van der Waals surface area contributed by atoms with Gasteiger partial charge in [-0.05, 0) is 12.8 Å². The van der Waals surface area contributed by atoms with Gasteiger partial charge in [0, 0.05) is 23.4 Å². The standard InChI is InChI=1S/C19H20N6OS2/c1-2-10-24(18-21-15(11-27-18)13-6-4-3-5-7-13)16(26)12-28-19-23-22-17(25(19)20)14-8-9-14/h2-7,11,14H,1,8-10,12,20H2. The van der Waals surface area contributed by atoms with Crippen molar-refractivity contribution < 1.29 is 4.79 Å². The summed E-state index contributed by atoms with van der Waals surface area (Å²) in [7, 11) is 0. The number of anilines is 1. The molecule has 144 valence electrons. The van der Waals surface area contributed by atoms with Gasteiger partial charge in [0.1, 0.15) is 0 Å². The molecular weight excluding hydrogens is 392 g/mol. The van der Waals surface area contributed by atoms with Gasteiger partial charge in [0.15, 0.2) is 11.0 Å². The SMILES string of the molecule is C=CCN(C(=O)CSc1nnc(C2CC2)n1N)c1nc(-c2ccccc2)cs1. The Morgan fingerprint density at radius 3 is 2.86 bits per heavy atom. The van der Waals surface area contributed by atoms with Crippen molar-refractivity contribution in [3.63, 3.8) is 0 Å². The average molecular weight is 413 g/mol. The van der Waals surface area contributed by atoms with Crippen molar-refractivity contribution in [1.82, 2.24) is 19.9 Å². The lowest BCUT2D eigenvalue weighted by Gasteiger charge is -2.17. The molecule has 0 spiro atoms. The highest BCUT2D eigenvalue weighted by atomic mass is 32.2. The summed E-state index contributed by atoms with van der Waals surface area (Å²) in [5.74, 6) is 7.40. The molecule has 1 aliphatic rings. The van der Waals surface area contributed by atoms with Crippen LogP contribution in [0.5, 0.6) is 0 Å². The van der Waals surface area contributed by atoms with Gasteiger partial charge in [-0.25, -0.2) is 9.66 Å². The molecule has 1 fully saturated rings. The number of rotatable bonds is 8. The fraction of sp³-hybridized carbons (Fsp3) is 0.263. The van der Waals surface area contributed by atoms with Crippen LogP contribution in [0.15, 0.2) is 53.5 Å². The molecule has 0 saturated heterocycles. The first-order chi connectivity index (χ1) is 13.7. The molecule has 2 N–H and O–H groups in total. The Labute approximate surface area is 171 Å². The Hall–Kier alpha value is -2.65. The molecule has 2 heterocycles. The molecule has 7 nitrogen and oxygen atoms in total. The number of nitrogen functional groups attached to an aromatic ring is 1. The number of nitrogens with zero attached hydrogens (tertiary/aromatic N) is 5. The van der Waals surface area contributed by atoms with Crippen molar-refractivity contribution >= 4 is 34.1 Å². The smallest absolute Gasteiger partial charge is 0.239 e. The van der Waals surface area contributed by atoms with E-state index in [1.54, 1.807) is 11.0 Å². The number of hydrogen-bond donors (Lipinski definition) is 1. The minimum absolute atomic E-state index is 0.0742. The molecule has 2 aromatic heterocycles. The number of amides is 1. The Bertz CT molecular complexity index is 979.